The summed E-state index contributed by atoms with van der Waals surface area (Å²) in [4.78, 5) is 25.3. The van der Waals surface area contributed by atoms with Gasteiger partial charge < -0.3 is 5.11 Å². The molecule has 0 radical (unpaired) electrons. The SMILES string of the molecule is CC(=O)SCCC=Cc1cccc(C(=O)O)n1. The molecule has 0 aromatic carbocycles. The first kappa shape index (κ1) is 13.4. The van der Waals surface area contributed by atoms with Crippen molar-refractivity contribution in [3.8, 4) is 0 Å². The summed E-state index contributed by atoms with van der Waals surface area (Å²) in [5, 5.41) is 8.85. The Morgan fingerprint density at radius 1 is 1.47 bits per heavy atom. The zero-order chi connectivity index (χ0) is 12.7. The fourth-order valence-corrected chi connectivity index (χ4v) is 1.68. The molecule has 1 rings (SSSR count). The summed E-state index contributed by atoms with van der Waals surface area (Å²) in [6.45, 7) is 1.53. The van der Waals surface area contributed by atoms with Crippen LogP contribution < -0.4 is 0 Å². The monoisotopic (exact) mass is 251 g/mol. The molecule has 1 N–H and O–H groups in total. The minimum Gasteiger partial charge on any atom is -0.477 e. The molecule has 1 heterocycles. The highest BCUT2D eigenvalue weighted by Crippen LogP contribution is 2.06. The molecule has 0 aliphatic carbocycles. The standard InChI is InChI=1S/C12H13NO3S/c1-9(14)17-8-3-2-5-10-6-4-7-11(13-10)12(15)16/h2,4-7H,3,8H2,1H3,(H,15,16). The summed E-state index contributed by atoms with van der Waals surface area (Å²) < 4.78 is 0. The van der Waals surface area contributed by atoms with Crippen molar-refractivity contribution < 1.29 is 14.7 Å². The van der Waals surface area contributed by atoms with Gasteiger partial charge in [-0.05, 0) is 24.6 Å². The number of carboxylic acids is 1. The molecular weight excluding hydrogens is 238 g/mol. The minimum absolute atomic E-state index is 0.0326. The van der Waals surface area contributed by atoms with E-state index in [-0.39, 0.29) is 10.8 Å². The summed E-state index contributed by atoms with van der Waals surface area (Å²) in [7, 11) is 0. The van der Waals surface area contributed by atoms with Gasteiger partial charge in [-0.1, -0.05) is 23.9 Å². The molecular formula is C12H13NO3S. The van der Waals surface area contributed by atoms with Crippen LogP contribution >= 0.6 is 11.8 Å². The van der Waals surface area contributed by atoms with Crippen LogP contribution in [0.25, 0.3) is 6.08 Å². The molecule has 0 bridgehead atoms. The number of pyridine rings is 1. The van der Waals surface area contributed by atoms with Crippen LogP contribution in [0.3, 0.4) is 0 Å². The summed E-state index contributed by atoms with van der Waals surface area (Å²) >= 11 is 1.27. The van der Waals surface area contributed by atoms with Crippen LogP contribution in [0.5, 0.6) is 0 Å². The van der Waals surface area contributed by atoms with Gasteiger partial charge in [0.05, 0.1) is 5.69 Å². The number of carbonyl (C=O) groups is 2. The Labute approximate surface area is 104 Å². The first-order chi connectivity index (χ1) is 8.09. The van der Waals surface area contributed by atoms with Crippen molar-refractivity contribution in [1.29, 1.82) is 0 Å². The van der Waals surface area contributed by atoms with E-state index in [1.165, 1.54) is 24.8 Å². The fraction of sp³-hybridized carbons (Fsp3) is 0.250. The van der Waals surface area contributed by atoms with Gasteiger partial charge in [0, 0.05) is 12.7 Å². The van der Waals surface area contributed by atoms with E-state index in [0.717, 1.165) is 12.2 Å². The summed E-state index contributed by atoms with van der Waals surface area (Å²) in [6.07, 6.45) is 4.39. The predicted molar refractivity (Wildman–Crippen MR) is 68.0 cm³/mol. The van der Waals surface area contributed by atoms with Gasteiger partial charge in [0.2, 0.25) is 0 Å². The van der Waals surface area contributed by atoms with Gasteiger partial charge in [-0.15, -0.1) is 0 Å². The van der Waals surface area contributed by atoms with E-state index in [1.54, 1.807) is 18.2 Å². The molecule has 0 unspecified atom stereocenters. The third kappa shape index (κ3) is 5.31. The number of nitrogens with zero attached hydrogens (tertiary/aromatic N) is 1. The number of hydrogen-bond donors (Lipinski definition) is 1. The molecule has 0 amide bonds. The van der Waals surface area contributed by atoms with E-state index in [4.69, 9.17) is 5.11 Å². The van der Waals surface area contributed by atoms with E-state index in [1.807, 2.05) is 6.08 Å². The third-order valence-electron chi connectivity index (χ3n) is 1.87. The van der Waals surface area contributed by atoms with Crippen LogP contribution in [-0.4, -0.2) is 26.9 Å². The Bertz CT molecular complexity index is 443. The maximum absolute atomic E-state index is 10.7. The zero-order valence-corrected chi connectivity index (χ0v) is 10.2. The Hall–Kier alpha value is -1.62. The lowest BCUT2D eigenvalue weighted by Crippen LogP contribution is -2.00. The highest BCUT2D eigenvalue weighted by Gasteiger charge is 2.02. The predicted octanol–water partition coefficient (Wildman–Crippen LogP) is 2.46. The highest BCUT2D eigenvalue weighted by atomic mass is 32.2. The number of allylic oxidation sites excluding steroid dienone is 1. The van der Waals surface area contributed by atoms with Crippen LogP contribution in [0, 0.1) is 0 Å². The van der Waals surface area contributed by atoms with Gasteiger partial charge in [0.1, 0.15) is 5.69 Å². The first-order valence-corrected chi connectivity index (χ1v) is 6.08. The highest BCUT2D eigenvalue weighted by molar-refractivity contribution is 8.13. The van der Waals surface area contributed by atoms with Crippen molar-refractivity contribution in [3.63, 3.8) is 0 Å². The Morgan fingerprint density at radius 3 is 2.88 bits per heavy atom. The molecule has 17 heavy (non-hydrogen) atoms. The van der Waals surface area contributed by atoms with Crippen molar-refractivity contribution >= 4 is 28.9 Å². The maximum atomic E-state index is 10.7. The Morgan fingerprint density at radius 2 is 2.24 bits per heavy atom. The number of aromatic carboxylic acids is 1. The van der Waals surface area contributed by atoms with Crippen LogP contribution in [0.1, 0.15) is 29.5 Å². The van der Waals surface area contributed by atoms with Crippen molar-refractivity contribution in [2.75, 3.05) is 5.75 Å². The molecule has 0 saturated carbocycles. The van der Waals surface area contributed by atoms with Gasteiger partial charge >= 0.3 is 5.97 Å². The number of carbonyl (C=O) groups excluding carboxylic acids is 1. The summed E-state index contributed by atoms with van der Waals surface area (Å²) in [6, 6.07) is 4.84. The lowest BCUT2D eigenvalue weighted by molar-refractivity contribution is -0.109. The van der Waals surface area contributed by atoms with E-state index in [2.05, 4.69) is 4.98 Å². The fourth-order valence-electron chi connectivity index (χ4n) is 1.14. The van der Waals surface area contributed by atoms with Crippen molar-refractivity contribution in [3.05, 3.63) is 35.7 Å². The number of hydrogen-bond acceptors (Lipinski definition) is 4. The van der Waals surface area contributed by atoms with E-state index in [9.17, 15) is 9.59 Å². The van der Waals surface area contributed by atoms with Gasteiger partial charge in [-0.3, -0.25) is 4.79 Å². The van der Waals surface area contributed by atoms with Crippen LogP contribution in [0.15, 0.2) is 24.3 Å². The second-order valence-corrected chi connectivity index (χ2v) is 4.56. The van der Waals surface area contributed by atoms with Gasteiger partial charge in [0.15, 0.2) is 5.12 Å². The second kappa shape index (κ2) is 6.85. The zero-order valence-electron chi connectivity index (χ0n) is 9.42. The quantitative estimate of drug-likeness (QED) is 0.814. The minimum atomic E-state index is -1.03. The normalized spacial score (nSPS) is 10.6. The number of rotatable bonds is 5. The lowest BCUT2D eigenvalue weighted by atomic mass is 10.2. The summed E-state index contributed by atoms with van der Waals surface area (Å²) in [5.74, 6) is -0.308. The van der Waals surface area contributed by atoms with Gasteiger partial charge in [0.25, 0.3) is 0 Å². The summed E-state index contributed by atoms with van der Waals surface area (Å²) in [5.41, 5.74) is 0.642. The van der Waals surface area contributed by atoms with Crippen molar-refractivity contribution in [2.45, 2.75) is 13.3 Å². The van der Waals surface area contributed by atoms with Crippen LogP contribution in [0.2, 0.25) is 0 Å². The number of aromatic nitrogens is 1. The maximum Gasteiger partial charge on any atom is 0.354 e. The molecule has 4 nitrogen and oxygen atoms in total. The molecule has 0 fully saturated rings. The Kier molecular flexibility index (Phi) is 5.42. The van der Waals surface area contributed by atoms with Crippen LogP contribution in [-0.2, 0) is 4.79 Å². The van der Waals surface area contributed by atoms with Crippen molar-refractivity contribution in [1.82, 2.24) is 4.98 Å². The topological polar surface area (TPSA) is 67.3 Å². The molecule has 5 heteroatoms. The lowest BCUT2D eigenvalue weighted by Gasteiger charge is -1.96. The molecule has 90 valence electrons. The van der Waals surface area contributed by atoms with Crippen molar-refractivity contribution in [2.24, 2.45) is 0 Å². The van der Waals surface area contributed by atoms with E-state index >= 15 is 0 Å². The number of carboxylic acid groups (broad SMARTS) is 1. The van der Waals surface area contributed by atoms with Gasteiger partial charge in [-0.25, -0.2) is 9.78 Å². The second-order valence-electron chi connectivity index (χ2n) is 3.28. The van der Waals surface area contributed by atoms with Gasteiger partial charge in [-0.2, -0.15) is 0 Å². The number of thioether (sulfide) groups is 1. The molecule has 0 aliphatic heterocycles. The average molecular weight is 251 g/mol. The average Bonchev–Trinajstić information content (AvgIpc) is 2.28. The molecule has 1 aromatic heterocycles. The van der Waals surface area contributed by atoms with E-state index < -0.39 is 5.97 Å². The molecule has 0 spiro atoms. The molecule has 0 atom stereocenters. The molecule has 0 aliphatic rings. The van der Waals surface area contributed by atoms with Crippen LogP contribution in [0.4, 0.5) is 0 Å². The molecule has 0 saturated heterocycles. The van der Waals surface area contributed by atoms with E-state index in [0.29, 0.717) is 5.69 Å². The Balaban J connectivity index is 2.50. The third-order valence-corrected chi connectivity index (χ3v) is 2.71. The largest absolute Gasteiger partial charge is 0.477 e. The smallest absolute Gasteiger partial charge is 0.354 e. The molecule has 1 aromatic rings. The first-order valence-electron chi connectivity index (χ1n) is 5.10.